The third-order valence-electron chi connectivity index (χ3n) is 3.86. The summed E-state index contributed by atoms with van der Waals surface area (Å²) in [5.41, 5.74) is 10.6. The van der Waals surface area contributed by atoms with Crippen molar-refractivity contribution in [2.45, 2.75) is 64.2 Å². The number of primary amides is 1. The maximum atomic E-state index is 12.7. The van der Waals surface area contributed by atoms with E-state index in [4.69, 9.17) is 21.7 Å². The summed E-state index contributed by atoms with van der Waals surface area (Å²) in [5.74, 6) is -4.35. The van der Waals surface area contributed by atoms with Gasteiger partial charge in [-0.3, -0.25) is 19.2 Å². The normalized spacial score (nSPS) is 15.0. The molecule has 0 rings (SSSR count). The Balaban J connectivity index is 5.39. The zero-order valence-electron chi connectivity index (χ0n) is 16.8. The minimum atomic E-state index is -1.58. The molecule has 0 fully saturated rings. The van der Waals surface area contributed by atoms with Crippen LogP contribution in [0.4, 0.5) is 0 Å². The van der Waals surface area contributed by atoms with E-state index in [2.05, 4.69) is 16.0 Å². The molecular formula is C17H31N5O7. The van der Waals surface area contributed by atoms with E-state index in [9.17, 15) is 24.0 Å². The van der Waals surface area contributed by atoms with Crippen molar-refractivity contribution >= 4 is 29.6 Å². The first kappa shape index (κ1) is 26.3. The lowest BCUT2D eigenvalue weighted by Gasteiger charge is -2.25. The third-order valence-corrected chi connectivity index (χ3v) is 3.86. The Kier molecular flexibility index (Phi) is 11.5. The van der Waals surface area contributed by atoms with Crippen molar-refractivity contribution in [3.8, 4) is 0 Å². The smallest absolute Gasteiger partial charge is 0.328 e. The molecule has 166 valence electrons. The van der Waals surface area contributed by atoms with Crippen LogP contribution in [0.1, 0.15) is 40.0 Å². The van der Waals surface area contributed by atoms with Gasteiger partial charge in [-0.2, -0.15) is 0 Å². The number of carboxylic acids is 1. The highest BCUT2D eigenvalue weighted by atomic mass is 16.4. The van der Waals surface area contributed by atoms with Crippen molar-refractivity contribution in [1.29, 1.82) is 0 Å². The second kappa shape index (κ2) is 12.7. The summed E-state index contributed by atoms with van der Waals surface area (Å²) < 4.78 is 0. The molecule has 0 bridgehead atoms. The number of amides is 4. The predicted octanol–water partition coefficient (Wildman–Crippen LogP) is -2.82. The Morgan fingerprint density at radius 1 is 0.862 bits per heavy atom. The predicted molar refractivity (Wildman–Crippen MR) is 102 cm³/mol. The zero-order chi connectivity index (χ0) is 22.7. The van der Waals surface area contributed by atoms with Crippen LogP contribution in [0.2, 0.25) is 0 Å². The maximum absolute atomic E-state index is 12.7. The molecule has 0 saturated carbocycles. The van der Waals surface area contributed by atoms with Gasteiger partial charge in [0.1, 0.15) is 18.1 Å². The first-order valence-corrected chi connectivity index (χ1v) is 9.17. The van der Waals surface area contributed by atoms with E-state index in [1.165, 1.54) is 6.92 Å². The van der Waals surface area contributed by atoms with Gasteiger partial charge in [0.15, 0.2) is 0 Å². The van der Waals surface area contributed by atoms with Gasteiger partial charge in [-0.25, -0.2) is 4.79 Å². The second-order valence-corrected chi connectivity index (χ2v) is 7.13. The van der Waals surface area contributed by atoms with Crippen molar-refractivity contribution < 1.29 is 34.2 Å². The Morgan fingerprint density at radius 2 is 1.34 bits per heavy atom. The molecule has 4 amide bonds. The van der Waals surface area contributed by atoms with Gasteiger partial charge in [0.2, 0.25) is 23.6 Å². The van der Waals surface area contributed by atoms with Gasteiger partial charge in [-0.15, -0.1) is 0 Å². The minimum Gasteiger partial charge on any atom is -0.480 e. The minimum absolute atomic E-state index is 0.0165. The van der Waals surface area contributed by atoms with Gasteiger partial charge in [0, 0.05) is 6.42 Å². The number of nitrogens with two attached hydrogens (primary N) is 2. The molecule has 0 aromatic heterocycles. The van der Waals surface area contributed by atoms with Crippen molar-refractivity contribution in [1.82, 2.24) is 16.0 Å². The fraction of sp³-hybridized carbons (Fsp3) is 0.706. The highest BCUT2D eigenvalue weighted by Crippen LogP contribution is 2.07. The molecular weight excluding hydrogens is 386 g/mol. The maximum Gasteiger partial charge on any atom is 0.328 e. The van der Waals surface area contributed by atoms with E-state index in [0.717, 1.165) is 0 Å². The Labute approximate surface area is 168 Å². The molecule has 4 unspecified atom stereocenters. The molecule has 0 aliphatic heterocycles. The number of hydrogen-bond donors (Lipinski definition) is 7. The van der Waals surface area contributed by atoms with Crippen LogP contribution in [0.5, 0.6) is 0 Å². The van der Waals surface area contributed by atoms with Crippen molar-refractivity contribution in [3.63, 3.8) is 0 Å². The number of aliphatic hydroxyl groups is 1. The average Bonchev–Trinajstić information content (AvgIpc) is 2.60. The van der Waals surface area contributed by atoms with Gasteiger partial charge < -0.3 is 37.6 Å². The summed E-state index contributed by atoms with van der Waals surface area (Å²) >= 11 is 0. The summed E-state index contributed by atoms with van der Waals surface area (Å²) in [6.45, 7) is 4.24. The van der Waals surface area contributed by atoms with Gasteiger partial charge in [0.25, 0.3) is 0 Å². The highest BCUT2D eigenvalue weighted by Gasteiger charge is 2.30. The number of aliphatic hydroxyl groups excluding tert-OH is 1. The monoisotopic (exact) mass is 417 g/mol. The summed E-state index contributed by atoms with van der Waals surface area (Å²) in [7, 11) is 0. The second-order valence-electron chi connectivity index (χ2n) is 7.13. The van der Waals surface area contributed by atoms with Crippen LogP contribution in [0.25, 0.3) is 0 Å². The fourth-order valence-corrected chi connectivity index (χ4v) is 2.29. The molecule has 12 nitrogen and oxygen atoms in total. The number of carbonyl (C=O) groups excluding carboxylic acids is 4. The number of nitrogens with one attached hydrogen (secondary N) is 3. The van der Waals surface area contributed by atoms with Gasteiger partial charge in [0.05, 0.1) is 12.6 Å². The lowest BCUT2D eigenvalue weighted by Crippen LogP contribution is -2.57. The molecule has 0 aliphatic rings. The first-order chi connectivity index (χ1) is 13.4. The fourth-order valence-electron chi connectivity index (χ4n) is 2.29. The van der Waals surface area contributed by atoms with Gasteiger partial charge in [-0.1, -0.05) is 13.8 Å². The number of carbonyl (C=O) groups is 5. The van der Waals surface area contributed by atoms with Crippen LogP contribution in [-0.4, -0.2) is 70.6 Å². The SMILES string of the molecule is CC(C)CC(NC(=O)C(C)N)C(=O)NC(CCC(N)=O)C(=O)NC(CO)C(=O)O. The summed E-state index contributed by atoms with van der Waals surface area (Å²) in [6.07, 6.45) is -0.195. The molecule has 0 saturated heterocycles. The molecule has 0 spiro atoms. The largest absolute Gasteiger partial charge is 0.480 e. The van der Waals surface area contributed by atoms with Gasteiger partial charge in [-0.05, 0) is 25.7 Å². The first-order valence-electron chi connectivity index (χ1n) is 9.17. The molecule has 0 aliphatic carbocycles. The van der Waals surface area contributed by atoms with E-state index >= 15 is 0 Å². The molecule has 0 aromatic carbocycles. The lowest BCUT2D eigenvalue weighted by atomic mass is 10.0. The summed E-state index contributed by atoms with van der Waals surface area (Å²) in [5, 5.41) is 25.0. The Hall–Kier alpha value is -2.73. The lowest BCUT2D eigenvalue weighted by molar-refractivity contribution is -0.143. The number of carboxylic acid groups (broad SMARTS) is 1. The Bertz CT molecular complexity index is 609. The van der Waals surface area contributed by atoms with Crippen molar-refractivity contribution in [3.05, 3.63) is 0 Å². The van der Waals surface area contributed by atoms with Crippen molar-refractivity contribution in [2.24, 2.45) is 17.4 Å². The van der Waals surface area contributed by atoms with Crippen LogP contribution >= 0.6 is 0 Å². The quantitative estimate of drug-likeness (QED) is 0.165. The molecule has 0 aromatic rings. The third kappa shape index (κ3) is 10.4. The number of rotatable bonds is 13. The van der Waals surface area contributed by atoms with Crippen LogP contribution < -0.4 is 27.4 Å². The molecule has 12 heteroatoms. The summed E-state index contributed by atoms with van der Waals surface area (Å²) in [6, 6.07) is -4.73. The van der Waals surface area contributed by atoms with Crippen LogP contribution in [0.3, 0.4) is 0 Å². The molecule has 0 heterocycles. The topological polar surface area (TPSA) is 214 Å². The van der Waals surface area contributed by atoms with E-state index in [1.54, 1.807) is 0 Å². The van der Waals surface area contributed by atoms with Gasteiger partial charge >= 0.3 is 5.97 Å². The number of aliphatic carboxylic acids is 1. The van der Waals surface area contributed by atoms with Crippen molar-refractivity contribution in [2.75, 3.05) is 6.61 Å². The van der Waals surface area contributed by atoms with E-state index in [-0.39, 0.29) is 25.2 Å². The zero-order valence-corrected chi connectivity index (χ0v) is 16.8. The molecule has 29 heavy (non-hydrogen) atoms. The standard InChI is InChI=1S/C17H31N5O7/c1-8(2)6-11(21-14(25)9(3)18)16(27)20-10(4-5-13(19)24)15(26)22-12(7-23)17(28)29/h8-12,23H,4-7,18H2,1-3H3,(H2,19,24)(H,20,27)(H,21,25)(H,22,26)(H,28,29). The Morgan fingerprint density at radius 3 is 1.76 bits per heavy atom. The highest BCUT2D eigenvalue weighted by molar-refractivity contribution is 5.94. The number of hydrogen-bond acceptors (Lipinski definition) is 7. The summed E-state index contributed by atoms with van der Waals surface area (Å²) in [4.78, 5) is 59.0. The van der Waals surface area contributed by atoms with Crippen LogP contribution in [0, 0.1) is 5.92 Å². The van der Waals surface area contributed by atoms with Crippen LogP contribution in [0.15, 0.2) is 0 Å². The van der Waals surface area contributed by atoms with Crippen LogP contribution in [-0.2, 0) is 24.0 Å². The van der Waals surface area contributed by atoms with E-state index < -0.39 is 60.4 Å². The van der Waals surface area contributed by atoms with E-state index in [1.807, 2.05) is 13.8 Å². The van der Waals surface area contributed by atoms with E-state index in [0.29, 0.717) is 0 Å². The molecule has 4 atom stereocenters. The molecule has 0 radical (unpaired) electrons. The average molecular weight is 417 g/mol. The molecule has 9 N–H and O–H groups in total.